The van der Waals surface area contributed by atoms with E-state index in [1.165, 1.54) is 42.5 Å². The summed E-state index contributed by atoms with van der Waals surface area (Å²) in [5, 5.41) is 26.2. The van der Waals surface area contributed by atoms with E-state index in [4.69, 9.17) is 0 Å². The normalized spacial score (nSPS) is 9.92. The summed E-state index contributed by atoms with van der Waals surface area (Å²) in [6, 6.07) is 10.8. The first-order valence-electron chi connectivity index (χ1n) is 6.94. The van der Waals surface area contributed by atoms with Gasteiger partial charge in [0, 0.05) is 23.9 Å². The van der Waals surface area contributed by atoms with Crippen LogP contribution in [0.4, 0.5) is 22.7 Å². The van der Waals surface area contributed by atoms with E-state index in [1.807, 2.05) is 0 Å². The maximum Gasteiger partial charge on any atom is 0.292 e. The van der Waals surface area contributed by atoms with Crippen LogP contribution in [0.5, 0.6) is 0 Å². The third-order valence-corrected chi connectivity index (χ3v) is 3.04. The summed E-state index contributed by atoms with van der Waals surface area (Å²) >= 11 is 0. The lowest BCUT2D eigenvalue weighted by atomic mass is 10.2. The number of carbonyl (C=O) groups excluding carboxylic acids is 2. The van der Waals surface area contributed by atoms with E-state index in [0.717, 1.165) is 6.07 Å². The highest BCUT2D eigenvalue weighted by atomic mass is 16.6. The molecule has 25 heavy (non-hydrogen) atoms. The van der Waals surface area contributed by atoms with E-state index in [1.54, 1.807) is 0 Å². The highest BCUT2D eigenvalue weighted by molar-refractivity contribution is 6.08. The summed E-state index contributed by atoms with van der Waals surface area (Å²) in [7, 11) is 0. The second-order valence-electron chi connectivity index (χ2n) is 4.85. The number of hydrogen-bond acceptors (Lipinski definition) is 6. The van der Waals surface area contributed by atoms with Gasteiger partial charge >= 0.3 is 0 Å². The largest absolute Gasteiger partial charge is 0.325 e. The van der Waals surface area contributed by atoms with E-state index in [9.17, 15) is 29.8 Å². The van der Waals surface area contributed by atoms with Crippen molar-refractivity contribution < 1.29 is 19.4 Å². The predicted molar refractivity (Wildman–Crippen MR) is 88.1 cm³/mol. The first-order chi connectivity index (χ1) is 11.9. The molecule has 0 heterocycles. The number of nitrogens with one attached hydrogen (secondary N) is 2. The average molecular weight is 344 g/mol. The summed E-state index contributed by atoms with van der Waals surface area (Å²) in [6.45, 7) is 0. The average Bonchev–Trinajstić information content (AvgIpc) is 2.55. The number of nitrogens with zero attached hydrogens (tertiary/aromatic N) is 2. The fraction of sp³-hybridized carbons (Fsp3) is 0.0667. The second-order valence-corrected chi connectivity index (χ2v) is 4.85. The van der Waals surface area contributed by atoms with Crippen molar-refractivity contribution >= 4 is 34.6 Å². The molecule has 2 amide bonds. The minimum atomic E-state index is -0.753. The van der Waals surface area contributed by atoms with Crippen LogP contribution in [0.25, 0.3) is 0 Å². The number of para-hydroxylation sites is 2. The smallest absolute Gasteiger partial charge is 0.292 e. The van der Waals surface area contributed by atoms with E-state index in [0.29, 0.717) is 0 Å². The van der Waals surface area contributed by atoms with Crippen LogP contribution in [-0.4, -0.2) is 21.7 Å². The molecule has 2 aromatic carbocycles. The summed E-state index contributed by atoms with van der Waals surface area (Å²) in [5.74, 6) is -1.46. The minimum absolute atomic E-state index is 0.0272. The van der Waals surface area contributed by atoms with E-state index >= 15 is 0 Å². The number of hydrogen-bond donors (Lipinski definition) is 2. The zero-order chi connectivity index (χ0) is 18.4. The van der Waals surface area contributed by atoms with Gasteiger partial charge in [0.15, 0.2) is 0 Å². The quantitative estimate of drug-likeness (QED) is 0.468. The van der Waals surface area contributed by atoms with Gasteiger partial charge in [0.1, 0.15) is 12.1 Å². The Hall–Kier alpha value is -3.82. The van der Waals surface area contributed by atoms with Gasteiger partial charge in [-0.15, -0.1) is 0 Å². The van der Waals surface area contributed by atoms with Gasteiger partial charge in [-0.1, -0.05) is 18.2 Å². The number of carbonyl (C=O) groups is 2. The first kappa shape index (κ1) is 17.5. The second kappa shape index (κ2) is 7.64. The minimum Gasteiger partial charge on any atom is -0.325 e. The van der Waals surface area contributed by atoms with Gasteiger partial charge in [0.05, 0.1) is 9.85 Å². The Bertz CT molecular complexity index is 851. The fourth-order valence-corrected chi connectivity index (χ4v) is 1.98. The van der Waals surface area contributed by atoms with Gasteiger partial charge < -0.3 is 10.6 Å². The molecule has 0 atom stereocenters. The fourth-order valence-electron chi connectivity index (χ4n) is 1.98. The molecule has 0 spiro atoms. The van der Waals surface area contributed by atoms with Gasteiger partial charge in [-0.3, -0.25) is 29.8 Å². The molecular formula is C15H12N4O6. The monoisotopic (exact) mass is 344 g/mol. The number of amides is 2. The van der Waals surface area contributed by atoms with Crippen LogP contribution in [0.1, 0.15) is 6.42 Å². The van der Waals surface area contributed by atoms with Crippen LogP contribution < -0.4 is 10.6 Å². The SMILES string of the molecule is O=C(CC(=O)Nc1ccccc1[N+](=O)[O-])Nc1cccc([N+](=O)[O-])c1. The molecule has 2 aromatic rings. The molecule has 0 saturated heterocycles. The molecule has 0 aliphatic carbocycles. The number of nitro benzene ring substituents is 2. The molecule has 10 heteroatoms. The molecule has 0 aliphatic rings. The van der Waals surface area contributed by atoms with Gasteiger partial charge in [-0.25, -0.2) is 0 Å². The van der Waals surface area contributed by atoms with Gasteiger partial charge in [-0.05, 0) is 12.1 Å². The summed E-state index contributed by atoms with van der Waals surface area (Å²) < 4.78 is 0. The Morgan fingerprint density at radius 1 is 0.880 bits per heavy atom. The summed E-state index contributed by atoms with van der Waals surface area (Å²) in [4.78, 5) is 44.0. The van der Waals surface area contributed by atoms with E-state index < -0.39 is 28.1 Å². The number of rotatable bonds is 6. The molecule has 128 valence electrons. The van der Waals surface area contributed by atoms with Crippen molar-refractivity contribution in [2.45, 2.75) is 6.42 Å². The zero-order valence-corrected chi connectivity index (χ0v) is 12.7. The van der Waals surface area contributed by atoms with Crippen LogP contribution in [0.2, 0.25) is 0 Å². The number of non-ortho nitro benzene ring substituents is 1. The number of nitro groups is 2. The first-order valence-corrected chi connectivity index (χ1v) is 6.94. The maximum absolute atomic E-state index is 11.9. The summed E-state index contributed by atoms with van der Waals surface area (Å²) in [6.07, 6.45) is -0.602. The van der Waals surface area contributed by atoms with Gasteiger partial charge in [-0.2, -0.15) is 0 Å². The van der Waals surface area contributed by atoms with Crippen LogP contribution in [0.15, 0.2) is 48.5 Å². The molecular weight excluding hydrogens is 332 g/mol. The van der Waals surface area contributed by atoms with Crippen LogP contribution in [0.3, 0.4) is 0 Å². The molecule has 0 fully saturated rings. The molecule has 0 unspecified atom stereocenters. The summed E-state index contributed by atoms with van der Waals surface area (Å²) in [5.41, 5.74) is -0.365. The Kier molecular flexibility index (Phi) is 5.36. The van der Waals surface area contributed by atoms with Crippen molar-refractivity contribution in [1.82, 2.24) is 0 Å². The Morgan fingerprint density at radius 3 is 2.24 bits per heavy atom. The lowest BCUT2D eigenvalue weighted by Crippen LogP contribution is -2.21. The Balaban J connectivity index is 1.99. The Morgan fingerprint density at radius 2 is 1.56 bits per heavy atom. The third-order valence-electron chi connectivity index (χ3n) is 3.04. The molecule has 0 bridgehead atoms. The van der Waals surface area contributed by atoms with Gasteiger partial charge in [0.25, 0.3) is 11.4 Å². The maximum atomic E-state index is 11.9. The molecule has 0 aromatic heterocycles. The standard InChI is InChI=1S/C15H12N4O6/c20-14(16-10-4-3-5-11(8-10)18(22)23)9-15(21)17-12-6-1-2-7-13(12)19(24)25/h1-8H,9H2,(H,16,20)(H,17,21). The van der Waals surface area contributed by atoms with Crippen molar-refractivity contribution in [3.05, 3.63) is 68.8 Å². The van der Waals surface area contributed by atoms with Crippen molar-refractivity contribution in [2.24, 2.45) is 0 Å². The Labute approximate surface area is 140 Å². The van der Waals surface area contributed by atoms with E-state index in [2.05, 4.69) is 10.6 Å². The van der Waals surface area contributed by atoms with Crippen molar-refractivity contribution in [3.8, 4) is 0 Å². The zero-order valence-electron chi connectivity index (χ0n) is 12.7. The number of benzene rings is 2. The molecule has 0 aliphatic heterocycles. The molecule has 2 N–H and O–H groups in total. The van der Waals surface area contributed by atoms with Crippen molar-refractivity contribution in [2.75, 3.05) is 10.6 Å². The van der Waals surface area contributed by atoms with Gasteiger partial charge in [0.2, 0.25) is 11.8 Å². The highest BCUT2D eigenvalue weighted by Gasteiger charge is 2.17. The van der Waals surface area contributed by atoms with Crippen molar-refractivity contribution in [3.63, 3.8) is 0 Å². The molecule has 10 nitrogen and oxygen atoms in total. The van der Waals surface area contributed by atoms with Crippen LogP contribution >= 0.6 is 0 Å². The lowest BCUT2D eigenvalue weighted by Gasteiger charge is -2.07. The molecule has 0 radical (unpaired) electrons. The van der Waals surface area contributed by atoms with E-state index in [-0.39, 0.29) is 22.7 Å². The molecule has 2 rings (SSSR count). The van der Waals surface area contributed by atoms with Crippen LogP contribution in [0, 0.1) is 20.2 Å². The highest BCUT2D eigenvalue weighted by Crippen LogP contribution is 2.23. The number of anilines is 2. The topological polar surface area (TPSA) is 144 Å². The lowest BCUT2D eigenvalue weighted by molar-refractivity contribution is -0.384. The van der Waals surface area contributed by atoms with Crippen LogP contribution in [-0.2, 0) is 9.59 Å². The van der Waals surface area contributed by atoms with Crippen molar-refractivity contribution in [1.29, 1.82) is 0 Å². The third kappa shape index (κ3) is 4.82. The molecule has 0 saturated carbocycles. The predicted octanol–water partition coefficient (Wildman–Crippen LogP) is 2.47.